The lowest BCUT2D eigenvalue weighted by Gasteiger charge is -2.41. The summed E-state index contributed by atoms with van der Waals surface area (Å²) >= 11 is 0. The van der Waals surface area contributed by atoms with Crippen LogP contribution in [0.1, 0.15) is 232 Å². The Bertz CT molecular complexity index is 1060. The summed E-state index contributed by atoms with van der Waals surface area (Å²) in [6.45, 7) is 4.00. The van der Waals surface area contributed by atoms with Crippen molar-refractivity contribution in [2.24, 2.45) is 0 Å². The van der Waals surface area contributed by atoms with Crippen molar-refractivity contribution in [3.05, 3.63) is 0 Å². The predicted molar refractivity (Wildman–Crippen MR) is 239 cm³/mol. The molecule has 0 aromatic rings. The van der Waals surface area contributed by atoms with Crippen LogP contribution in [0.25, 0.3) is 0 Å². The van der Waals surface area contributed by atoms with Gasteiger partial charge < -0.3 is 34.3 Å². The molecular formula is C47H92O12S. The summed E-state index contributed by atoms with van der Waals surface area (Å²) in [5.41, 5.74) is 0. The second-order valence-corrected chi connectivity index (χ2v) is 18.5. The van der Waals surface area contributed by atoms with Crippen molar-refractivity contribution in [1.82, 2.24) is 0 Å². The van der Waals surface area contributed by atoms with Gasteiger partial charge in [0.2, 0.25) is 0 Å². The minimum Gasteiger partial charge on any atom is -0.457 e. The second kappa shape index (κ2) is 39.7. The van der Waals surface area contributed by atoms with Gasteiger partial charge in [0.25, 0.3) is 0 Å². The van der Waals surface area contributed by atoms with Gasteiger partial charge in [0.15, 0.2) is 6.29 Å². The molecule has 1 rings (SSSR count). The molecule has 0 aliphatic carbocycles. The van der Waals surface area contributed by atoms with Crippen molar-refractivity contribution in [2.75, 3.05) is 26.4 Å². The molecule has 4 N–H and O–H groups in total. The third-order valence-electron chi connectivity index (χ3n) is 11.7. The Balaban J connectivity index is 2.23. The van der Waals surface area contributed by atoms with Crippen LogP contribution in [-0.2, 0) is 38.3 Å². The zero-order valence-electron chi connectivity index (χ0n) is 38.3. The van der Waals surface area contributed by atoms with E-state index in [1.54, 1.807) is 0 Å². The quantitative estimate of drug-likeness (QED) is 0.0259. The van der Waals surface area contributed by atoms with E-state index in [1.165, 1.54) is 167 Å². The lowest BCUT2D eigenvalue weighted by atomic mass is 9.99. The van der Waals surface area contributed by atoms with Gasteiger partial charge >= 0.3 is 16.4 Å². The lowest BCUT2D eigenvalue weighted by Crippen LogP contribution is -2.60. The molecule has 60 heavy (non-hydrogen) atoms. The van der Waals surface area contributed by atoms with E-state index in [4.69, 9.17) is 23.5 Å². The minimum atomic E-state index is -5.05. The third-order valence-corrected chi connectivity index (χ3v) is 12.2. The summed E-state index contributed by atoms with van der Waals surface area (Å²) in [5.74, 6) is -0.394. The molecule has 0 amide bonds. The number of hydrogen-bond acceptors (Lipinski definition) is 11. The highest BCUT2D eigenvalue weighted by atomic mass is 32.3. The molecule has 0 saturated carbocycles. The maximum atomic E-state index is 12.8. The summed E-state index contributed by atoms with van der Waals surface area (Å²) in [6, 6.07) is 0. The second-order valence-electron chi connectivity index (χ2n) is 17.4. The number of unbranched alkanes of at least 4 members (excludes halogenated alkanes) is 31. The molecule has 1 fully saturated rings. The van der Waals surface area contributed by atoms with Crippen LogP contribution in [-0.4, -0.2) is 97.5 Å². The molecule has 13 heteroatoms. The molecular weight excluding hydrogens is 789 g/mol. The molecule has 0 radical (unpaired) electrons. The van der Waals surface area contributed by atoms with Gasteiger partial charge in [0, 0.05) is 13.0 Å². The number of esters is 1. The van der Waals surface area contributed by atoms with Gasteiger partial charge in [-0.1, -0.05) is 213 Å². The Morgan fingerprint density at radius 1 is 0.567 bits per heavy atom. The van der Waals surface area contributed by atoms with Crippen LogP contribution >= 0.6 is 0 Å². The Morgan fingerprint density at radius 2 is 0.950 bits per heavy atom. The highest BCUT2D eigenvalue weighted by Gasteiger charge is 2.48. The number of carbonyl (C=O) groups is 1. The summed E-state index contributed by atoms with van der Waals surface area (Å²) in [6.07, 6.45) is 33.1. The fourth-order valence-corrected chi connectivity index (χ4v) is 8.48. The van der Waals surface area contributed by atoms with Crippen LogP contribution in [0.2, 0.25) is 0 Å². The van der Waals surface area contributed by atoms with Crippen molar-refractivity contribution in [2.45, 2.75) is 269 Å². The standard InChI is InChI=1S/C47H92O12S/c1-3-5-7-9-11-13-14-15-16-17-18-19-20-21-22-23-24-25-26-27-28-29-30-32-34-36-43(49)57-41(39-55-37-35-33-31-12-10-8-6-4-2)40-56-47-45(51)46(59-60(52,53)54)44(50)42(38-48)58-47/h41-42,44-48,50-51H,3-40H2,1-2H3,(H,52,53,54). The molecule has 12 nitrogen and oxygen atoms in total. The highest BCUT2D eigenvalue weighted by molar-refractivity contribution is 7.80. The topological polar surface area (TPSA) is 178 Å². The average molecular weight is 881 g/mol. The highest BCUT2D eigenvalue weighted by Crippen LogP contribution is 2.26. The first kappa shape index (κ1) is 57.1. The molecule has 0 bridgehead atoms. The number of hydrogen-bond donors (Lipinski definition) is 4. The molecule has 0 aromatic carbocycles. The van der Waals surface area contributed by atoms with Crippen LogP contribution in [0.4, 0.5) is 0 Å². The fourth-order valence-electron chi connectivity index (χ4n) is 7.97. The van der Waals surface area contributed by atoms with Crippen molar-refractivity contribution >= 4 is 16.4 Å². The van der Waals surface area contributed by atoms with E-state index in [9.17, 15) is 28.5 Å². The SMILES string of the molecule is CCCCCCCCCCCCCCCCCCCCCCCCCCCC(=O)OC(COCCCCCCCCCC)COC1OC(CO)C(O)C(OS(=O)(=O)O)C1O. The zero-order chi connectivity index (χ0) is 43.9. The van der Waals surface area contributed by atoms with Gasteiger partial charge in [-0.15, -0.1) is 0 Å². The zero-order valence-corrected chi connectivity index (χ0v) is 39.1. The smallest absolute Gasteiger partial charge is 0.397 e. The first-order valence-electron chi connectivity index (χ1n) is 24.8. The molecule has 1 saturated heterocycles. The number of carbonyl (C=O) groups excluding carboxylic acids is 1. The Hall–Kier alpha value is -0.900. The van der Waals surface area contributed by atoms with Crippen molar-refractivity contribution in [3.8, 4) is 0 Å². The van der Waals surface area contributed by atoms with E-state index >= 15 is 0 Å². The van der Waals surface area contributed by atoms with E-state index < -0.39 is 59.8 Å². The number of aliphatic hydroxyl groups excluding tert-OH is 3. The molecule has 1 heterocycles. The normalized spacial score (nSPS) is 20.1. The molecule has 0 spiro atoms. The summed E-state index contributed by atoms with van der Waals surface area (Å²) in [7, 11) is -5.05. The predicted octanol–water partition coefficient (Wildman–Crippen LogP) is 10.9. The van der Waals surface area contributed by atoms with E-state index in [-0.39, 0.29) is 19.6 Å². The van der Waals surface area contributed by atoms with Crippen molar-refractivity contribution < 1.29 is 56.2 Å². The first-order chi connectivity index (χ1) is 29.1. The third kappa shape index (κ3) is 32.7. The van der Waals surface area contributed by atoms with E-state index in [2.05, 4.69) is 18.0 Å². The Kier molecular flexibility index (Phi) is 37.8. The van der Waals surface area contributed by atoms with E-state index in [0.29, 0.717) is 13.0 Å². The van der Waals surface area contributed by atoms with Crippen LogP contribution in [0.5, 0.6) is 0 Å². The maximum absolute atomic E-state index is 12.8. The molecule has 358 valence electrons. The summed E-state index contributed by atoms with van der Waals surface area (Å²) in [4.78, 5) is 12.8. The Labute approximate surface area is 366 Å². The molecule has 6 atom stereocenters. The lowest BCUT2D eigenvalue weighted by molar-refractivity contribution is -0.301. The van der Waals surface area contributed by atoms with Crippen molar-refractivity contribution in [3.63, 3.8) is 0 Å². The van der Waals surface area contributed by atoms with Gasteiger partial charge in [0.05, 0.1) is 19.8 Å². The minimum absolute atomic E-state index is 0.0432. The van der Waals surface area contributed by atoms with E-state index in [1.807, 2.05) is 0 Å². The van der Waals surface area contributed by atoms with Gasteiger partial charge in [-0.2, -0.15) is 8.42 Å². The first-order valence-corrected chi connectivity index (χ1v) is 26.2. The molecule has 1 aliphatic rings. The maximum Gasteiger partial charge on any atom is 0.397 e. The summed E-state index contributed by atoms with van der Waals surface area (Å²) < 4.78 is 59.0. The van der Waals surface area contributed by atoms with Crippen molar-refractivity contribution in [1.29, 1.82) is 0 Å². The fraction of sp³-hybridized carbons (Fsp3) is 0.979. The van der Waals surface area contributed by atoms with Gasteiger partial charge in [0.1, 0.15) is 30.5 Å². The van der Waals surface area contributed by atoms with Crippen LogP contribution in [0, 0.1) is 0 Å². The number of rotatable bonds is 44. The molecule has 0 aromatic heterocycles. The number of aliphatic hydroxyl groups is 3. The Morgan fingerprint density at radius 3 is 1.33 bits per heavy atom. The molecule has 1 aliphatic heterocycles. The molecule has 6 unspecified atom stereocenters. The number of ether oxygens (including phenoxy) is 4. The monoisotopic (exact) mass is 881 g/mol. The largest absolute Gasteiger partial charge is 0.457 e. The van der Waals surface area contributed by atoms with E-state index in [0.717, 1.165) is 38.5 Å². The van der Waals surface area contributed by atoms with Crippen LogP contribution < -0.4 is 0 Å². The average Bonchev–Trinajstić information content (AvgIpc) is 3.22. The van der Waals surface area contributed by atoms with Gasteiger partial charge in [-0.3, -0.25) is 9.35 Å². The van der Waals surface area contributed by atoms with Crippen LogP contribution in [0.15, 0.2) is 0 Å². The van der Waals surface area contributed by atoms with Gasteiger partial charge in [-0.05, 0) is 12.8 Å². The summed E-state index contributed by atoms with van der Waals surface area (Å²) in [5, 5.41) is 30.6. The van der Waals surface area contributed by atoms with Gasteiger partial charge in [-0.25, -0.2) is 4.18 Å². The van der Waals surface area contributed by atoms with Crippen LogP contribution in [0.3, 0.4) is 0 Å².